The maximum absolute atomic E-state index is 14.1. The summed E-state index contributed by atoms with van der Waals surface area (Å²) in [5.41, 5.74) is -4.33. The Morgan fingerprint density at radius 2 is 1.36 bits per heavy atom. The molecule has 1 heterocycles. The van der Waals surface area contributed by atoms with Crippen LogP contribution < -0.4 is 0 Å². The zero-order valence-electron chi connectivity index (χ0n) is 17.5. The van der Waals surface area contributed by atoms with Crippen LogP contribution in [0.5, 0.6) is 0 Å². The van der Waals surface area contributed by atoms with Gasteiger partial charge < -0.3 is 10.0 Å². The molecule has 2 aromatic rings. The second-order valence-corrected chi connectivity index (χ2v) is 8.49. The topological polar surface area (TPSA) is 23.5 Å². The van der Waals surface area contributed by atoms with Crippen LogP contribution in [0.3, 0.4) is 0 Å². The average Bonchev–Trinajstić information content (AvgIpc) is 2.71. The van der Waals surface area contributed by atoms with Gasteiger partial charge in [0.2, 0.25) is 0 Å². The van der Waals surface area contributed by atoms with Crippen LogP contribution in [0.15, 0.2) is 40.9 Å². The normalized spacial score (nSPS) is 16.8. The van der Waals surface area contributed by atoms with Crippen molar-refractivity contribution in [1.29, 1.82) is 0 Å². The fourth-order valence-corrected chi connectivity index (χ4v) is 3.93. The van der Waals surface area contributed by atoms with Gasteiger partial charge in [0.15, 0.2) is 0 Å². The van der Waals surface area contributed by atoms with E-state index in [9.17, 15) is 40.2 Å². The van der Waals surface area contributed by atoms with Crippen molar-refractivity contribution in [2.24, 2.45) is 0 Å². The third-order valence-corrected chi connectivity index (χ3v) is 5.90. The van der Waals surface area contributed by atoms with Crippen LogP contribution in [0.25, 0.3) is 0 Å². The Morgan fingerprint density at radius 1 is 0.879 bits per heavy atom. The van der Waals surface area contributed by atoms with Crippen LogP contribution >= 0.6 is 15.9 Å². The van der Waals surface area contributed by atoms with Gasteiger partial charge in [-0.2, -0.15) is 26.3 Å². The summed E-state index contributed by atoms with van der Waals surface area (Å²) in [7, 11) is 0. The summed E-state index contributed by atoms with van der Waals surface area (Å²) in [5, 5.41) is 10.6. The smallest absolute Gasteiger partial charge is 0.385 e. The highest BCUT2D eigenvalue weighted by Crippen LogP contribution is 2.39. The number of halogens is 9. The van der Waals surface area contributed by atoms with Crippen LogP contribution in [-0.4, -0.2) is 29.6 Å². The number of hydrogen-bond donors (Lipinski definition) is 1. The third-order valence-electron chi connectivity index (χ3n) is 5.29. The first-order chi connectivity index (χ1) is 15.2. The molecule has 0 saturated carbocycles. The van der Waals surface area contributed by atoms with Crippen molar-refractivity contribution >= 4 is 15.9 Å². The molecule has 1 N–H and O–H groups in total. The quantitative estimate of drug-likeness (QED) is 0.412. The van der Waals surface area contributed by atoms with Gasteiger partial charge in [0.05, 0.1) is 21.2 Å². The van der Waals surface area contributed by atoms with Crippen molar-refractivity contribution in [3.63, 3.8) is 0 Å². The molecule has 0 spiro atoms. The maximum atomic E-state index is 14.1. The number of likely N-dealkylation sites (tertiary alicyclic amines) is 1. The lowest BCUT2D eigenvalue weighted by Gasteiger charge is -2.38. The number of alkyl halides is 6. The van der Waals surface area contributed by atoms with Crippen LogP contribution in [0.4, 0.5) is 35.1 Å². The fraction of sp³-hybridized carbons (Fsp3) is 0.455. The van der Waals surface area contributed by atoms with Crippen molar-refractivity contribution in [1.82, 2.24) is 4.90 Å². The van der Waals surface area contributed by atoms with Gasteiger partial charge in [0, 0.05) is 18.7 Å². The zero-order chi connectivity index (χ0) is 25.0. The molecule has 0 aliphatic carbocycles. The van der Waals surface area contributed by atoms with Gasteiger partial charge in [-0.15, -0.1) is 0 Å². The number of rotatable bonds is 3. The first kappa shape index (κ1) is 27.5. The van der Waals surface area contributed by atoms with Crippen LogP contribution in [0.2, 0.25) is 0 Å². The van der Waals surface area contributed by atoms with Crippen LogP contribution in [-0.2, 0) is 18.0 Å². The monoisotopic (exact) mass is 547 g/mol. The highest BCUT2D eigenvalue weighted by atomic mass is 79.9. The molecule has 1 aliphatic rings. The van der Waals surface area contributed by atoms with E-state index in [2.05, 4.69) is 20.8 Å². The van der Waals surface area contributed by atoms with Gasteiger partial charge in [0.1, 0.15) is 11.6 Å². The second kappa shape index (κ2) is 10.7. The van der Waals surface area contributed by atoms with Gasteiger partial charge in [0.25, 0.3) is 0 Å². The minimum absolute atomic E-state index is 0.183. The molecular formula is C22H22BrF8NO. The third kappa shape index (κ3) is 6.89. The average molecular weight is 548 g/mol. The van der Waals surface area contributed by atoms with E-state index in [0.29, 0.717) is 25.2 Å². The highest BCUT2D eigenvalue weighted by Gasteiger charge is 2.41. The van der Waals surface area contributed by atoms with E-state index < -0.39 is 40.7 Å². The predicted octanol–water partition coefficient (Wildman–Crippen LogP) is 7.14. The lowest BCUT2D eigenvalue weighted by Crippen LogP contribution is -2.43. The molecule has 1 saturated heterocycles. The number of nitrogens with zero attached hydrogens (tertiary/aromatic N) is 1. The Balaban J connectivity index is 0.000000273. The largest absolute Gasteiger partial charge is 0.419 e. The van der Waals surface area contributed by atoms with E-state index in [1.54, 1.807) is 0 Å². The van der Waals surface area contributed by atoms with E-state index >= 15 is 0 Å². The van der Waals surface area contributed by atoms with Gasteiger partial charge in [-0.3, -0.25) is 0 Å². The van der Waals surface area contributed by atoms with Gasteiger partial charge in [-0.25, -0.2) is 8.78 Å². The van der Waals surface area contributed by atoms with E-state index in [0.717, 1.165) is 25.1 Å². The van der Waals surface area contributed by atoms with Gasteiger partial charge in [-0.05, 0) is 59.9 Å². The van der Waals surface area contributed by atoms with Crippen LogP contribution in [0, 0.1) is 11.6 Å². The van der Waals surface area contributed by atoms with Crippen molar-refractivity contribution in [2.45, 2.75) is 44.1 Å². The first-order valence-corrected chi connectivity index (χ1v) is 10.8. The van der Waals surface area contributed by atoms with Crippen molar-refractivity contribution in [2.75, 3.05) is 19.6 Å². The number of piperidine rings is 1. The molecule has 1 fully saturated rings. The number of aliphatic hydroxyl groups is 1. The maximum Gasteiger partial charge on any atom is 0.419 e. The Labute approximate surface area is 194 Å². The van der Waals surface area contributed by atoms with Crippen molar-refractivity contribution in [3.8, 4) is 0 Å². The molecule has 33 heavy (non-hydrogen) atoms. The van der Waals surface area contributed by atoms with E-state index in [4.69, 9.17) is 0 Å². The Kier molecular flexibility index (Phi) is 8.92. The molecule has 1 aliphatic heterocycles. The summed E-state index contributed by atoms with van der Waals surface area (Å²) in [6.07, 6.45) is -7.93. The van der Waals surface area contributed by atoms with E-state index in [-0.39, 0.29) is 22.9 Å². The Hall–Kier alpha value is -1.72. The summed E-state index contributed by atoms with van der Waals surface area (Å²) >= 11 is 2.66. The number of hydrogen-bond acceptors (Lipinski definition) is 2. The highest BCUT2D eigenvalue weighted by molar-refractivity contribution is 9.10. The molecule has 3 rings (SSSR count). The van der Waals surface area contributed by atoms with Gasteiger partial charge in [-0.1, -0.05) is 25.1 Å². The number of benzene rings is 2. The molecule has 0 atom stereocenters. The summed E-state index contributed by atoms with van der Waals surface area (Å²) < 4.78 is 101. The first-order valence-electron chi connectivity index (χ1n) is 10.0. The minimum Gasteiger partial charge on any atom is -0.385 e. The lowest BCUT2D eigenvalue weighted by atomic mass is 9.83. The van der Waals surface area contributed by atoms with Gasteiger partial charge >= 0.3 is 12.4 Å². The molecule has 0 bridgehead atoms. The second-order valence-electron chi connectivity index (χ2n) is 7.64. The van der Waals surface area contributed by atoms with Crippen molar-refractivity contribution < 1.29 is 40.2 Å². The molecule has 2 aromatic carbocycles. The molecule has 2 nitrogen and oxygen atoms in total. The molecule has 0 unspecified atom stereocenters. The van der Waals surface area contributed by atoms with E-state index in [1.807, 2.05) is 6.92 Å². The molecule has 11 heteroatoms. The standard InChI is InChI=1S/C15H19F4NO.C7H3BrF4/c1-2-8-20-9-6-14(21,7-10-20)11-4-3-5-12(13(11)16)15(17,18)19;8-5-3-1-2-4(6(5)9)7(10,11)12/h3-5,21H,2,6-10H2,1H3;1-3H. The molecule has 0 aromatic heterocycles. The minimum atomic E-state index is -4.75. The summed E-state index contributed by atoms with van der Waals surface area (Å²) in [6.45, 7) is 4.02. The van der Waals surface area contributed by atoms with E-state index in [1.165, 1.54) is 12.1 Å². The summed E-state index contributed by atoms with van der Waals surface area (Å²) in [5.74, 6) is -2.62. The summed E-state index contributed by atoms with van der Waals surface area (Å²) in [4.78, 5) is 2.12. The summed E-state index contributed by atoms with van der Waals surface area (Å²) in [6, 6.07) is 6.15. The Bertz CT molecular complexity index is 937. The predicted molar refractivity (Wildman–Crippen MR) is 110 cm³/mol. The van der Waals surface area contributed by atoms with Crippen molar-refractivity contribution in [3.05, 3.63) is 69.2 Å². The Morgan fingerprint density at radius 3 is 1.82 bits per heavy atom. The molecule has 184 valence electrons. The zero-order valence-corrected chi connectivity index (χ0v) is 19.1. The molecular weight excluding hydrogens is 526 g/mol. The van der Waals surface area contributed by atoms with Crippen LogP contribution in [0.1, 0.15) is 42.9 Å². The molecule has 0 radical (unpaired) electrons. The lowest BCUT2D eigenvalue weighted by molar-refractivity contribution is -0.141. The fourth-order valence-electron chi connectivity index (χ4n) is 3.57. The SMILES string of the molecule is CCCN1CCC(O)(c2cccc(C(F)(F)F)c2F)CC1.Fc1c(Br)cccc1C(F)(F)F. The molecule has 0 amide bonds.